The van der Waals surface area contributed by atoms with E-state index in [1.54, 1.807) is 24.3 Å². The molecule has 3 nitrogen and oxygen atoms in total. The van der Waals surface area contributed by atoms with E-state index in [2.05, 4.69) is 17.7 Å². The number of rotatable bonds is 4. The van der Waals surface area contributed by atoms with Crippen LogP contribution in [-0.2, 0) is 10.2 Å². The lowest BCUT2D eigenvalue weighted by Crippen LogP contribution is -2.01. The van der Waals surface area contributed by atoms with Gasteiger partial charge in [-0.05, 0) is 60.2 Å². The normalized spacial score (nSPS) is 15.2. The standard InChI is InChI=1S/C18H17ClO3/c1-18(9-10-18)13-5-8-16(15(19)11-13)22-14-6-3-12(4-7-14)17(20)21-2/h3-8,11H,9-10H2,1-2H3. The highest BCUT2D eigenvalue weighted by Crippen LogP contribution is 2.49. The molecule has 0 aromatic heterocycles. The van der Waals surface area contributed by atoms with Crippen LogP contribution < -0.4 is 4.74 Å². The third-order valence-corrected chi connectivity index (χ3v) is 4.43. The molecule has 2 aromatic rings. The molecule has 0 bridgehead atoms. The van der Waals surface area contributed by atoms with Gasteiger partial charge >= 0.3 is 5.97 Å². The van der Waals surface area contributed by atoms with Gasteiger partial charge in [0.05, 0.1) is 17.7 Å². The first-order valence-electron chi connectivity index (χ1n) is 7.18. The van der Waals surface area contributed by atoms with Gasteiger partial charge in [0.15, 0.2) is 0 Å². The number of halogens is 1. The van der Waals surface area contributed by atoms with E-state index in [1.165, 1.54) is 25.5 Å². The van der Waals surface area contributed by atoms with Crippen molar-refractivity contribution in [2.75, 3.05) is 7.11 Å². The van der Waals surface area contributed by atoms with Crippen LogP contribution in [0.5, 0.6) is 11.5 Å². The number of ether oxygens (including phenoxy) is 2. The fraction of sp³-hybridized carbons (Fsp3) is 0.278. The minimum atomic E-state index is -0.369. The molecule has 0 spiro atoms. The zero-order valence-electron chi connectivity index (χ0n) is 12.6. The smallest absolute Gasteiger partial charge is 0.337 e. The highest BCUT2D eigenvalue weighted by Gasteiger charge is 2.39. The van der Waals surface area contributed by atoms with Crippen molar-refractivity contribution in [1.29, 1.82) is 0 Å². The third-order valence-electron chi connectivity index (χ3n) is 4.13. The molecule has 0 atom stereocenters. The Bertz CT molecular complexity index is 703. The predicted octanol–water partition coefficient (Wildman–Crippen LogP) is 4.97. The monoisotopic (exact) mass is 316 g/mol. The Morgan fingerprint density at radius 3 is 2.36 bits per heavy atom. The number of hydrogen-bond donors (Lipinski definition) is 0. The number of hydrogen-bond acceptors (Lipinski definition) is 3. The van der Waals surface area contributed by atoms with E-state index in [0.717, 1.165) is 0 Å². The number of esters is 1. The number of methoxy groups -OCH3 is 1. The second-order valence-corrected chi connectivity index (χ2v) is 6.23. The molecule has 1 aliphatic carbocycles. The molecule has 0 radical (unpaired) electrons. The quantitative estimate of drug-likeness (QED) is 0.747. The molecule has 22 heavy (non-hydrogen) atoms. The van der Waals surface area contributed by atoms with E-state index in [9.17, 15) is 4.79 Å². The van der Waals surface area contributed by atoms with Gasteiger partial charge in [-0.2, -0.15) is 0 Å². The number of carbonyl (C=O) groups excluding carboxylic acids is 1. The summed E-state index contributed by atoms with van der Waals surface area (Å²) in [6.07, 6.45) is 2.41. The fourth-order valence-corrected chi connectivity index (χ4v) is 2.56. The second-order valence-electron chi connectivity index (χ2n) is 5.82. The van der Waals surface area contributed by atoms with Gasteiger partial charge in [0.1, 0.15) is 11.5 Å². The van der Waals surface area contributed by atoms with Crippen LogP contribution in [0, 0.1) is 0 Å². The molecule has 0 heterocycles. The van der Waals surface area contributed by atoms with Crippen LogP contribution in [0.4, 0.5) is 0 Å². The van der Waals surface area contributed by atoms with Gasteiger partial charge in [0.2, 0.25) is 0 Å². The molecule has 0 aliphatic heterocycles. The van der Waals surface area contributed by atoms with E-state index in [-0.39, 0.29) is 11.4 Å². The molecular formula is C18H17ClO3. The van der Waals surface area contributed by atoms with E-state index >= 15 is 0 Å². The molecule has 1 aliphatic rings. The first-order chi connectivity index (χ1) is 10.5. The molecule has 1 saturated carbocycles. The maximum Gasteiger partial charge on any atom is 0.337 e. The van der Waals surface area contributed by atoms with Gasteiger partial charge in [0.25, 0.3) is 0 Å². The first kappa shape index (κ1) is 14.9. The van der Waals surface area contributed by atoms with Crippen molar-refractivity contribution in [1.82, 2.24) is 0 Å². The van der Waals surface area contributed by atoms with E-state index < -0.39 is 0 Å². The van der Waals surface area contributed by atoms with Crippen molar-refractivity contribution in [2.24, 2.45) is 0 Å². The van der Waals surface area contributed by atoms with Crippen molar-refractivity contribution in [3.63, 3.8) is 0 Å². The average Bonchev–Trinajstić information content (AvgIpc) is 3.28. The zero-order chi connectivity index (χ0) is 15.7. The highest BCUT2D eigenvalue weighted by atomic mass is 35.5. The second kappa shape index (κ2) is 5.65. The Kier molecular flexibility index (Phi) is 3.83. The maximum absolute atomic E-state index is 11.4. The molecule has 0 saturated heterocycles. The van der Waals surface area contributed by atoms with Crippen molar-refractivity contribution in [3.8, 4) is 11.5 Å². The third kappa shape index (κ3) is 2.95. The lowest BCUT2D eigenvalue weighted by Gasteiger charge is -2.12. The van der Waals surface area contributed by atoms with Crippen molar-refractivity contribution < 1.29 is 14.3 Å². The maximum atomic E-state index is 11.4. The first-order valence-corrected chi connectivity index (χ1v) is 7.56. The summed E-state index contributed by atoms with van der Waals surface area (Å²) in [5.41, 5.74) is 2.02. The highest BCUT2D eigenvalue weighted by molar-refractivity contribution is 6.32. The van der Waals surface area contributed by atoms with Crippen molar-refractivity contribution in [2.45, 2.75) is 25.2 Å². The minimum Gasteiger partial charge on any atom is -0.465 e. The van der Waals surface area contributed by atoms with Gasteiger partial charge in [-0.15, -0.1) is 0 Å². The predicted molar refractivity (Wildman–Crippen MR) is 85.9 cm³/mol. The lowest BCUT2D eigenvalue weighted by atomic mass is 9.98. The molecule has 4 heteroatoms. The summed E-state index contributed by atoms with van der Waals surface area (Å²) >= 11 is 6.32. The van der Waals surface area contributed by atoms with E-state index in [4.69, 9.17) is 16.3 Å². The van der Waals surface area contributed by atoms with E-state index in [1.807, 2.05) is 12.1 Å². The molecule has 2 aromatic carbocycles. The summed E-state index contributed by atoms with van der Waals surface area (Å²) < 4.78 is 10.4. The fourth-order valence-electron chi connectivity index (χ4n) is 2.34. The Morgan fingerprint density at radius 1 is 1.14 bits per heavy atom. The van der Waals surface area contributed by atoms with Gasteiger partial charge in [-0.3, -0.25) is 0 Å². The summed E-state index contributed by atoms with van der Waals surface area (Å²) in [5, 5.41) is 0.600. The van der Waals surface area contributed by atoms with Crippen LogP contribution in [-0.4, -0.2) is 13.1 Å². The topological polar surface area (TPSA) is 35.5 Å². The van der Waals surface area contributed by atoms with Crippen molar-refractivity contribution >= 4 is 17.6 Å². The zero-order valence-corrected chi connectivity index (χ0v) is 13.3. The van der Waals surface area contributed by atoms with Gasteiger partial charge < -0.3 is 9.47 Å². The molecule has 1 fully saturated rings. The Morgan fingerprint density at radius 2 is 1.82 bits per heavy atom. The van der Waals surface area contributed by atoms with E-state index in [0.29, 0.717) is 22.1 Å². The minimum absolute atomic E-state index is 0.282. The Labute approximate surface area is 134 Å². The van der Waals surface area contributed by atoms with Gasteiger partial charge in [-0.1, -0.05) is 24.6 Å². The van der Waals surface area contributed by atoms with Crippen LogP contribution in [0.1, 0.15) is 35.7 Å². The number of carbonyl (C=O) groups is 1. The summed E-state index contributed by atoms with van der Waals surface area (Å²) in [6.45, 7) is 2.24. The largest absolute Gasteiger partial charge is 0.465 e. The van der Waals surface area contributed by atoms with Crippen LogP contribution >= 0.6 is 11.6 Å². The summed E-state index contributed by atoms with van der Waals surface area (Å²) in [6, 6.07) is 12.7. The molecule has 0 unspecified atom stereocenters. The lowest BCUT2D eigenvalue weighted by molar-refractivity contribution is 0.0600. The summed E-state index contributed by atoms with van der Waals surface area (Å²) in [5.74, 6) is 0.868. The summed E-state index contributed by atoms with van der Waals surface area (Å²) in [4.78, 5) is 11.4. The van der Waals surface area contributed by atoms with Crippen LogP contribution in [0.3, 0.4) is 0 Å². The molecule has 0 amide bonds. The number of benzene rings is 2. The molecule has 0 N–H and O–H groups in total. The van der Waals surface area contributed by atoms with Gasteiger partial charge in [-0.25, -0.2) is 4.79 Å². The van der Waals surface area contributed by atoms with Gasteiger partial charge in [0, 0.05) is 0 Å². The molecular weight excluding hydrogens is 300 g/mol. The summed E-state index contributed by atoms with van der Waals surface area (Å²) in [7, 11) is 1.36. The Hall–Kier alpha value is -2.00. The molecule has 3 rings (SSSR count). The SMILES string of the molecule is COC(=O)c1ccc(Oc2ccc(C3(C)CC3)cc2Cl)cc1. The van der Waals surface area contributed by atoms with Crippen LogP contribution in [0.2, 0.25) is 5.02 Å². The van der Waals surface area contributed by atoms with Crippen LogP contribution in [0.25, 0.3) is 0 Å². The van der Waals surface area contributed by atoms with Crippen molar-refractivity contribution in [3.05, 3.63) is 58.6 Å². The average molecular weight is 317 g/mol. The van der Waals surface area contributed by atoms with Crippen LogP contribution in [0.15, 0.2) is 42.5 Å². The molecule has 114 valence electrons. The Balaban J connectivity index is 1.77.